The fraction of sp³-hybridized carbons (Fsp3) is 0.700. The molecule has 20 heavy (non-hydrogen) atoms. The number of hydrogen-bond acceptors (Lipinski definition) is 0. The molecule has 0 heteroatoms. The van der Waals surface area contributed by atoms with E-state index in [1.54, 1.807) is 11.1 Å². The molecule has 0 amide bonds. The van der Waals surface area contributed by atoms with E-state index in [1.165, 1.54) is 51.4 Å². The zero-order valence-electron chi connectivity index (χ0n) is 12.4. The quantitative estimate of drug-likeness (QED) is 0.582. The van der Waals surface area contributed by atoms with Crippen LogP contribution in [0.25, 0.3) is 0 Å². The molecule has 0 N–H and O–H groups in total. The Morgan fingerprint density at radius 1 is 0.550 bits per heavy atom. The van der Waals surface area contributed by atoms with Crippen molar-refractivity contribution in [2.24, 2.45) is 23.7 Å². The Balaban J connectivity index is 1.69. The van der Waals surface area contributed by atoms with Crippen molar-refractivity contribution >= 4 is 0 Å². The molecule has 1 aromatic carbocycles. The maximum atomic E-state index is 2.49. The summed E-state index contributed by atoms with van der Waals surface area (Å²) in [5, 5.41) is 0. The number of rotatable bonds is 0. The largest absolute Gasteiger partial charge is 0.0620 e. The molecule has 5 aliphatic rings. The molecule has 3 fully saturated rings. The zero-order valence-corrected chi connectivity index (χ0v) is 12.4. The standard InChI is InChI=1S/C20H26/c1-2-8-14-13(7-1)19-15-9-3-5-11-17(15)20(14)18-12-6-4-10-16(18)19/h1-2,7-8,15-20H,3-6,9-12H2/t15-,16-,17+,18+,19?,20?. The lowest BCUT2D eigenvalue weighted by atomic mass is 9.44. The molecule has 1 aromatic rings. The van der Waals surface area contributed by atoms with E-state index >= 15 is 0 Å². The molecule has 0 saturated heterocycles. The van der Waals surface area contributed by atoms with Crippen LogP contribution in [0.3, 0.4) is 0 Å². The molecule has 0 aliphatic heterocycles. The van der Waals surface area contributed by atoms with Crippen LogP contribution in [0, 0.1) is 23.7 Å². The van der Waals surface area contributed by atoms with E-state index in [9.17, 15) is 0 Å². The Morgan fingerprint density at radius 3 is 1.25 bits per heavy atom. The minimum absolute atomic E-state index is 0.937. The van der Waals surface area contributed by atoms with Crippen LogP contribution >= 0.6 is 0 Å². The van der Waals surface area contributed by atoms with Crippen LogP contribution in [0.2, 0.25) is 0 Å². The fourth-order valence-electron chi connectivity index (χ4n) is 6.84. The van der Waals surface area contributed by atoms with Gasteiger partial charge in [0.1, 0.15) is 0 Å². The molecule has 106 valence electrons. The Bertz CT molecular complexity index is 446. The van der Waals surface area contributed by atoms with Gasteiger partial charge < -0.3 is 0 Å². The van der Waals surface area contributed by atoms with E-state index in [0.29, 0.717) is 0 Å². The van der Waals surface area contributed by atoms with E-state index < -0.39 is 0 Å². The second kappa shape index (κ2) is 4.36. The monoisotopic (exact) mass is 266 g/mol. The van der Waals surface area contributed by atoms with Crippen LogP contribution in [0.15, 0.2) is 24.3 Å². The summed E-state index contributed by atoms with van der Waals surface area (Å²) in [7, 11) is 0. The van der Waals surface area contributed by atoms with Gasteiger partial charge in [-0.25, -0.2) is 0 Å². The van der Waals surface area contributed by atoms with Gasteiger partial charge in [0.15, 0.2) is 0 Å². The van der Waals surface area contributed by atoms with Crippen molar-refractivity contribution in [3.63, 3.8) is 0 Å². The van der Waals surface area contributed by atoms with Gasteiger partial charge in [-0.2, -0.15) is 0 Å². The normalized spacial score (nSPS) is 45.4. The van der Waals surface area contributed by atoms with Gasteiger partial charge in [0.2, 0.25) is 0 Å². The smallest absolute Gasteiger partial charge is 0.00967 e. The Morgan fingerprint density at radius 2 is 0.900 bits per heavy atom. The highest BCUT2D eigenvalue weighted by molar-refractivity contribution is 5.42. The minimum Gasteiger partial charge on any atom is -0.0620 e. The zero-order chi connectivity index (χ0) is 13.1. The highest BCUT2D eigenvalue weighted by Crippen LogP contribution is 2.66. The summed E-state index contributed by atoms with van der Waals surface area (Å²) < 4.78 is 0. The van der Waals surface area contributed by atoms with Gasteiger partial charge in [0, 0.05) is 0 Å². The summed E-state index contributed by atoms with van der Waals surface area (Å²) in [6.45, 7) is 0. The first kappa shape index (κ1) is 11.8. The van der Waals surface area contributed by atoms with Crippen molar-refractivity contribution in [3.05, 3.63) is 35.4 Å². The molecule has 0 aromatic heterocycles. The average molecular weight is 266 g/mol. The first-order valence-electron chi connectivity index (χ1n) is 9.04. The highest BCUT2D eigenvalue weighted by atomic mass is 14.6. The molecular weight excluding hydrogens is 240 g/mol. The van der Waals surface area contributed by atoms with Crippen molar-refractivity contribution in [1.29, 1.82) is 0 Å². The second-order valence-corrected chi connectivity index (χ2v) is 7.90. The minimum atomic E-state index is 0.937. The third-order valence-electron chi connectivity index (χ3n) is 7.31. The van der Waals surface area contributed by atoms with Crippen molar-refractivity contribution in [2.75, 3.05) is 0 Å². The maximum absolute atomic E-state index is 2.49. The van der Waals surface area contributed by atoms with Crippen LogP contribution in [-0.4, -0.2) is 0 Å². The molecule has 0 nitrogen and oxygen atoms in total. The van der Waals surface area contributed by atoms with Crippen LogP contribution in [0.5, 0.6) is 0 Å². The maximum Gasteiger partial charge on any atom is -0.00967 e. The van der Waals surface area contributed by atoms with Crippen LogP contribution < -0.4 is 0 Å². The lowest BCUT2D eigenvalue weighted by Gasteiger charge is -2.60. The summed E-state index contributed by atoms with van der Waals surface area (Å²) in [6, 6.07) is 9.58. The van der Waals surface area contributed by atoms with Crippen LogP contribution in [0.4, 0.5) is 0 Å². The van der Waals surface area contributed by atoms with Crippen LogP contribution in [-0.2, 0) is 0 Å². The van der Waals surface area contributed by atoms with Crippen molar-refractivity contribution in [3.8, 4) is 0 Å². The van der Waals surface area contributed by atoms with Gasteiger partial charge >= 0.3 is 0 Å². The van der Waals surface area contributed by atoms with E-state index in [-0.39, 0.29) is 0 Å². The predicted octanol–water partition coefficient (Wildman–Crippen LogP) is 5.49. The molecule has 6 rings (SSSR count). The van der Waals surface area contributed by atoms with Crippen molar-refractivity contribution < 1.29 is 0 Å². The van der Waals surface area contributed by atoms with Gasteiger partial charge in [-0.1, -0.05) is 49.9 Å². The van der Waals surface area contributed by atoms with Crippen molar-refractivity contribution in [1.82, 2.24) is 0 Å². The van der Waals surface area contributed by atoms with Crippen molar-refractivity contribution in [2.45, 2.75) is 63.2 Å². The summed E-state index contributed by atoms with van der Waals surface area (Å²) in [5.74, 6) is 6.05. The predicted molar refractivity (Wildman–Crippen MR) is 82.8 cm³/mol. The molecule has 0 spiro atoms. The first-order valence-corrected chi connectivity index (χ1v) is 9.04. The van der Waals surface area contributed by atoms with E-state index in [2.05, 4.69) is 24.3 Å². The third-order valence-corrected chi connectivity index (χ3v) is 7.31. The summed E-state index contributed by atoms with van der Waals surface area (Å²) in [5.41, 5.74) is 3.56. The highest BCUT2D eigenvalue weighted by Gasteiger charge is 2.56. The second-order valence-electron chi connectivity index (χ2n) is 7.90. The third kappa shape index (κ3) is 1.43. The molecule has 4 atom stereocenters. The molecule has 2 bridgehead atoms. The topological polar surface area (TPSA) is 0 Å². The van der Waals surface area contributed by atoms with Gasteiger partial charge in [-0.3, -0.25) is 0 Å². The summed E-state index contributed by atoms with van der Waals surface area (Å²) >= 11 is 0. The SMILES string of the molecule is c1ccc2c(c1)C1[C@H]3CCCC[C@H]3C2[C@@H]2CCCC[C@H]12. The lowest BCUT2D eigenvalue weighted by molar-refractivity contribution is -0.0138. The fourth-order valence-corrected chi connectivity index (χ4v) is 6.84. The molecule has 0 radical (unpaired) electrons. The van der Waals surface area contributed by atoms with Gasteiger partial charge in [0.25, 0.3) is 0 Å². The Hall–Kier alpha value is -0.780. The Labute approximate surface area is 123 Å². The van der Waals surface area contributed by atoms with Gasteiger partial charge in [-0.15, -0.1) is 0 Å². The molecule has 3 saturated carbocycles. The number of benzene rings is 1. The molecular formula is C20H26. The van der Waals surface area contributed by atoms with E-state index in [0.717, 1.165) is 35.5 Å². The number of hydrogen-bond donors (Lipinski definition) is 0. The average Bonchev–Trinajstić information content (AvgIpc) is 2.54. The summed E-state index contributed by atoms with van der Waals surface area (Å²) in [4.78, 5) is 0. The van der Waals surface area contributed by atoms with E-state index in [4.69, 9.17) is 0 Å². The van der Waals surface area contributed by atoms with E-state index in [1.807, 2.05) is 0 Å². The Kier molecular flexibility index (Phi) is 2.58. The molecule has 0 unspecified atom stereocenters. The first-order chi connectivity index (χ1) is 9.95. The molecule has 0 heterocycles. The lowest BCUT2D eigenvalue weighted by Crippen LogP contribution is -2.50. The molecule has 5 aliphatic carbocycles. The van der Waals surface area contributed by atoms with Gasteiger partial charge in [0.05, 0.1) is 0 Å². The van der Waals surface area contributed by atoms with Crippen LogP contribution in [0.1, 0.15) is 74.3 Å². The summed E-state index contributed by atoms with van der Waals surface area (Å²) in [6.07, 6.45) is 12.1. The van der Waals surface area contributed by atoms with Gasteiger partial charge in [-0.05, 0) is 72.3 Å².